The average Bonchev–Trinajstić information content (AvgIpc) is 2.97. The Kier molecular flexibility index (Phi) is 4.03. The molecule has 6 nitrogen and oxygen atoms in total. The fourth-order valence-corrected chi connectivity index (χ4v) is 3.95. The lowest BCUT2D eigenvalue weighted by molar-refractivity contribution is -0.118. The molecule has 2 aromatic heterocycles. The van der Waals surface area contributed by atoms with Crippen LogP contribution in [0.25, 0.3) is 10.2 Å². The molecule has 2 heterocycles. The van der Waals surface area contributed by atoms with Crippen molar-refractivity contribution in [3.63, 3.8) is 0 Å². The molecule has 1 aliphatic rings. The molecule has 21 heavy (non-hydrogen) atoms. The van der Waals surface area contributed by atoms with E-state index in [0.29, 0.717) is 25.5 Å². The van der Waals surface area contributed by atoms with Crippen molar-refractivity contribution in [2.45, 2.75) is 32.7 Å². The van der Waals surface area contributed by atoms with E-state index in [1.807, 2.05) is 0 Å². The first kappa shape index (κ1) is 14.2. The summed E-state index contributed by atoms with van der Waals surface area (Å²) in [6.07, 6.45) is 3.21. The van der Waals surface area contributed by atoms with E-state index in [9.17, 15) is 9.59 Å². The quantitative estimate of drug-likeness (QED) is 0.710. The van der Waals surface area contributed by atoms with Gasteiger partial charge in [0.25, 0.3) is 5.56 Å². The molecule has 0 atom stereocenters. The number of thiophene rings is 1. The summed E-state index contributed by atoms with van der Waals surface area (Å²) in [6, 6.07) is 0. The number of aromatic amines is 1. The molecule has 0 saturated heterocycles. The fourth-order valence-electron chi connectivity index (χ4n) is 2.66. The van der Waals surface area contributed by atoms with Crippen LogP contribution in [0.1, 0.15) is 29.6 Å². The summed E-state index contributed by atoms with van der Waals surface area (Å²) in [4.78, 5) is 32.5. The first-order valence-corrected chi connectivity index (χ1v) is 7.95. The second kappa shape index (κ2) is 5.95. The molecule has 0 saturated carbocycles. The van der Waals surface area contributed by atoms with Crippen molar-refractivity contribution < 1.29 is 4.79 Å². The van der Waals surface area contributed by atoms with Crippen LogP contribution in [0.3, 0.4) is 0 Å². The Hall–Kier alpha value is -1.73. The van der Waals surface area contributed by atoms with Crippen molar-refractivity contribution >= 4 is 27.5 Å². The zero-order valence-corrected chi connectivity index (χ0v) is 12.7. The van der Waals surface area contributed by atoms with E-state index in [-0.39, 0.29) is 11.5 Å². The van der Waals surface area contributed by atoms with Gasteiger partial charge in [0.1, 0.15) is 10.7 Å². The summed E-state index contributed by atoms with van der Waals surface area (Å²) in [7, 11) is 0. The molecule has 112 valence electrons. The minimum atomic E-state index is -0.0437. The van der Waals surface area contributed by atoms with Crippen molar-refractivity contribution in [2.75, 3.05) is 13.1 Å². The number of amides is 1. The minimum absolute atomic E-state index is 0.0296. The van der Waals surface area contributed by atoms with E-state index >= 15 is 0 Å². The number of fused-ring (bicyclic) bond motifs is 3. The van der Waals surface area contributed by atoms with Crippen LogP contribution in [0.15, 0.2) is 4.79 Å². The lowest BCUT2D eigenvalue weighted by Gasteiger charge is -2.05. The van der Waals surface area contributed by atoms with Crippen LogP contribution in [0.5, 0.6) is 0 Å². The summed E-state index contributed by atoms with van der Waals surface area (Å²) in [6.45, 7) is 3.19. The first-order valence-electron chi connectivity index (χ1n) is 7.14. The Morgan fingerprint density at radius 2 is 2.24 bits per heavy atom. The lowest BCUT2D eigenvalue weighted by atomic mass is 10.2. The van der Waals surface area contributed by atoms with Gasteiger partial charge < -0.3 is 15.6 Å². The van der Waals surface area contributed by atoms with Gasteiger partial charge >= 0.3 is 0 Å². The highest BCUT2D eigenvalue weighted by atomic mass is 32.1. The molecule has 1 aliphatic carbocycles. The molecule has 0 aromatic carbocycles. The minimum Gasteiger partial charge on any atom is -0.355 e. The molecule has 1 amide bonds. The number of aryl methyl sites for hydroxylation is 2. The highest BCUT2D eigenvalue weighted by molar-refractivity contribution is 7.18. The lowest BCUT2D eigenvalue weighted by Crippen LogP contribution is -2.30. The van der Waals surface area contributed by atoms with E-state index in [0.717, 1.165) is 29.5 Å². The number of nitrogens with zero attached hydrogens (tertiary/aromatic N) is 1. The highest BCUT2D eigenvalue weighted by Crippen LogP contribution is 2.34. The van der Waals surface area contributed by atoms with Crippen molar-refractivity contribution in [2.24, 2.45) is 0 Å². The predicted molar refractivity (Wildman–Crippen MR) is 82.7 cm³/mol. The molecule has 0 unspecified atom stereocenters. The molecule has 2 aromatic rings. The van der Waals surface area contributed by atoms with Gasteiger partial charge in [-0.05, 0) is 24.8 Å². The Balaban J connectivity index is 1.70. The number of H-pyrrole nitrogens is 1. The van der Waals surface area contributed by atoms with E-state index in [1.165, 1.54) is 17.4 Å². The SMILES string of the molecule is CC(=O)NCCNCc1nc2sc3c(c2c(=O)[nH]1)CCC3. The van der Waals surface area contributed by atoms with E-state index in [4.69, 9.17) is 0 Å². The highest BCUT2D eigenvalue weighted by Gasteiger charge is 2.20. The van der Waals surface area contributed by atoms with E-state index in [1.54, 1.807) is 11.3 Å². The molecular weight excluding hydrogens is 288 g/mol. The number of carbonyl (C=O) groups is 1. The zero-order chi connectivity index (χ0) is 14.8. The number of aromatic nitrogens is 2. The maximum Gasteiger partial charge on any atom is 0.259 e. The second-order valence-electron chi connectivity index (χ2n) is 5.21. The molecule has 3 rings (SSSR count). The first-order chi connectivity index (χ1) is 10.1. The largest absolute Gasteiger partial charge is 0.355 e. The van der Waals surface area contributed by atoms with Crippen LogP contribution < -0.4 is 16.2 Å². The Bertz CT molecular complexity index is 734. The molecular formula is C14H18N4O2S. The Morgan fingerprint density at radius 1 is 1.38 bits per heavy atom. The predicted octanol–water partition coefficient (Wildman–Crippen LogP) is 0.699. The third-order valence-corrected chi connectivity index (χ3v) is 4.78. The molecule has 7 heteroatoms. The van der Waals surface area contributed by atoms with Crippen LogP contribution >= 0.6 is 11.3 Å². The van der Waals surface area contributed by atoms with Crippen molar-refractivity contribution in [3.8, 4) is 0 Å². The van der Waals surface area contributed by atoms with E-state index < -0.39 is 0 Å². The van der Waals surface area contributed by atoms with Crippen molar-refractivity contribution in [1.82, 2.24) is 20.6 Å². The second-order valence-corrected chi connectivity index (χ2v) is 6.29. The summed E-state index contributed by atoms with van der Waals surface area (Å²) < 4.78 is 0. The number of carbonyl (C=O) groups excluding carboxylic acids is 1. The fraction of sp³-hybridized carbons (Fsp3) is 0.500. The Morgan fingerprint density at radius 3 is 3.05 bits per heavy atom. The van der Waals surface area contributed by atoms with Gasteiger partial charge in [0.2, 0.25) is 5.91 Å². The zero-order valence-electron chi connectivity index (χ0n) is 11.9. The third-order valence-electron chi connectivity index (χ3n) is 3.59. The van der Waals surface area contributed by atoms with Crippen molar-refractivity contribution in [1.29, 1.82) is 0 Å². The van der Waals surface area contributed by atoms with Gasteiger partial charge in [0, 0.05) is 24.9 Å². The van der Waals surface area contributed by atoms with Crippen LogP contribution in [-0.4, -0.2) is 29.0 Å². The summed E-state index contributed by atoms with van der Waals surface area (Å²) in [5.74, 6) is 0.605. The standard InChI is InChI=1S/C14H18N4O2S/c1-8(19)16-6-5-15-7-11-17-13(20)12-9-3-2-4-10(9)21-14(12)18-11/h15H,2-7H2,1H3,(H,16,19)(H,17,18,20). The normalized spacial score (nSPS) is 13.6. The number of hydrogen-bond acceptors (Lipinski definition) is 5. The summed E-state index contributed by atoms with van der Waals surface area (Å²) in [5.41, 5.74) is 1.17. The summed E-state index contributed by atoms with van der Waals surface area (Å²) in [5, 5.41) is 6.65. The van der Waals surface area contributed by atoms with Crippen LogP contribution in [0.2, 0.25) is 0 Å². The molecule has 0 radical (unpaired) electrons. The van der Waals surface area contributed by atoms with Gasteiger partial charge in [-0.1, -0.05) is 0 Å². The van der Waals surface area contributed by atoms with Crippen LogP contribution in [0, 0.1) is 0 Å². The van der Waals surface area contributed by atoms with Gasteiger partial charge in [-0.15, -0.1) is 11.3 Å². The Labute approximate surface area is 126 Å². The number of rotatable bonds is 5. The van der Waals surface area contributed by atoms with Gasteiger partial charge in [-0.2, -0.15) is 0 Å². The molecule has 0 spiro atoms. The third kappa shape index (κ3) is 2.98. The maximum atomic E-state index is 12.2. The monoisotopic (exact) mass is 306 g/mol. The smallest absolute Gasteiger partial charge is 0.259 e. The van der Waals surface area contributed by atoms with Gasteiger partial charge in [0.05, 0.1) is 11.9 Å². The maximum absolute atomic E-state index is 12.2. The molecule has 0 aliphatic heterocycles. The topological polar surface area (TPSA) is 86.9 Å². The van der Waals surface area contributed by atoms with Gasteiger partial charge in [0.15, 0.2) is 0 Å². The van der Waals surface area contributed by atoms with Crippen LogP contribution in [-0.2, 0) is 24.2 Å². The number of hydrogen-bond donors (Lipinski definition) is 3. The molecule has 3 N–H and O–H groups in total. The van der Waals surface area contributed by atoms with Gasteiger partial charge in [-0.3, -0.25) is 9.59 Å². The summed E-state index contributed by atoms with van der Waals surface area (Å²) >= 11 is 1.65. The van der Waals surface area contributed by atoms with Crippen LogP contribution in [0.4, 0.5) is 0 Å². The number of nitrogens with one attached hydrogen (secondary N) is 3. The average molecular weight is 306 g/mol. The van der Waals surface area contributed by atoms with Crippen molar-refractivity contribution in [3.05, 3.63) is 26.6 Å². The van der Waals surface area contributed by atoms with E-state index in [2.05, 4.69) is 20.6 Å². The molecule has 0 bridgehead atoms. The molecule has 0 fully saturated rings. The van der Waals surface area contributed by atoms with Gasteiger partial charge in [-0.25, -0.2) is 4.98 Å².